The van der Waals surface area contributed by atoms with E-state index in [1.165, 1.54) is 47.8 Å². The first-order valence-electron chi connectivity index (χ1n) is 42.2. The van der Waals surface area contributed by atoms with E-state index in [2.05, 4.69) is 197 Å². The fourth-order valence-corrected chi connectivity index (χ4v) is 18.4. The van der Waals surface area contributed by atoms with Crippen molar-refractivity contribution in [2.75, 3.05) is 118 Å². The quantitative estimate of drug-likeness (QED) is 0.0175. The lowest BCUT2D eigenvalue weighted by molar-refractivity contribution is -0.114. The number of anilines is 4. The fraction of sp³-hybridized carbons (Fsp3) is 0.378. The van der Waals surface area contributed by atoms with Gasteiger partial charge >= 0.3 is 10.1 Å². The van der Waals surface area contributed by atoms with Gasteiger partial charge in [0.1, 0.15) is 5.75 Å². The van der Waals surface area contributed by atoms with Gasteiger partial charge in [-0.25, -0.2) is 8.42 Å². The van der Waals surface area contributed by atoms with Crippen LogP contribution in [0.3, 0.4) is 0 Å². The zero-order valence-corrected chi connectivity index (χ0v) is 73.1. The van der Waals surface area contributed by atoms with E-state index in [1.54, 1.807) is 12.1 Å². The summed E-state index contributed by atoms with van der Waals surface area (Å²) in [5.41, 5.74) is 21.4. The highest BCUT2D eigenvalue weighted by Crippen LogP contribution is 2.42. The average molecular weight is 1670 g/mol. The Morgan fingerprint density at radius 3 is 1.07 bits per heavy atom. The van der Waals surface area contributed by atoms with Gasteiger partial charge in [0.25, 0.3) is 10.1 Å². The molecule has 3 aliphatic heterocycles. The Kier molecular flexibility index (Phi) is 32.7. The van der Waals surface area contributed by atoms with Crippen molar-refractivity contribution in [3.05, 3.63) is 292 Å². The Morgan fingerprint density at radius 2 is 0.731 bits per heavy atom. The molecule has 4 N–H and O–H groups in total. The lowest BCUT2D eigenvalue weighted by Gasteiger charge is -2.38. The van der Waals surface area contributed by atoms with Crippen molar-refractivity contribution in [3.8, 4) is 5.75 Å². The average Bonchev–Trinajstić information content (AvgIpc) is 1.34. The van der Waals surface area contributed by atoms with Crippen LogP contribution in [0.25, 0.3) is 33.4 Å². The van der Waals surface area contributed by atoms with Gasteiger partial charge in [0, 0.05) is 113 Å². The summed E-state index contributed by atoms with van der Waals surface area (Å²) in [6, 6.07) is 81.8. The number of piperazine rings is 2. The van der Waals surface area contributed by atoms with Crippen molar-refractivity contribution in [3.63, 3.8) is 0 Å². The van der Waals surface area contributed by atoms with Crippen molar-refractivity contribution in [2.24, 2.45) is 0 Å². The molecule has 13 rings (SSSR count). The van der Waals surface area contributed by atoms with Gasteiger partial charge in [0.15, 0.2) is 0 Å². The molecular formula is C98H121N7O11S3. The number of rotatable bonds is 32. The highest BCUT2D eigenvalue weighted by molar-refractivity contribution is 7.93. The first-order valence-corrected chi connectivity index (χ1v) is 47.3. The summed E-state index contributed by atoms with van der Waals surface area (Å²) in [6.07, 6.45) is 9.83. The third kappa shape index (κ3) is 26.5. The lowest BCUT2D eigenvalue weighted by atomic mass is 9.85. The third-order valence-corrected chi connectivity index (χ3v) is 25.6. The van der Waals surface area contributed by atoms with Crippen LogP contribution in [-0.2, 0) is 39.2 Å². The molecule has 3 heterocycles. The molecule has 632 valence electrons. The molecule has 0 aromatic heterocycles. The lowest BCUT2D eigenvalue weighted by Crippen LogP contribution is -2.48. The van der Waals surface area contributed by atoms with E-state index < -0.39 is 30.3 Å². The molecule has 21 heteroatoms. The monoisotopic (exact) mass is 1670 g/mol. The minimum atomic E-state index is -3.66. The Balaban J connectivity index is 0.000000175. The van der Waals surface area contributed by atoms with Crippen molar-refractivity contribution >= 4 is 92.4 Å². The number of carbonyl (C=O) groups is 1. The predicted molar refractivity (Wildman–Crippen MR) is 490 cm³/mol. The number of nitrogens with one attached hydrogen (secondary N) is 2. The molecule has 0 radical (unpaired) electrons. The zero-order chi connectivity index (χ0) is 84.6. The summed E-state index contributed by atoms with van der Waals surface area (Å²) >= 11 is 0. The Labute approximate surface area is 708 Å². The molecule has 4 fully saturated rings. The number of nitrogens with zero attached hydrogens (tertiary/aromatic N) is 5. The number of aliphatic hydroxyl groups excluding tert-OH is 2. The number of hydrogen-bond acceptors (Lipinski definition) is 16. The maximum absolute atomic E-state index is 12.5. The molecule has 0 atom stereocenters. The van der Waals surface area contributed by atoms with Crippen molar-refractivity contribution < 1.29 is 48.6 Å². The Hall–Kier alpha value is -9.52. The minimum absolute atomic E-state index is 0.0743. The van der Waals surface area contributed by atoms with E-state index in [9.17, 15) is 40.3 Å². The van der Waals surface area contributed by atoms with Gasteiger partial charge in [0.05, 0.1) is 24.4 Å². The van der Waals surface area contributed by atoms with Crippen LogP contribution < -0.4 is 24.0 Å². The summed E-state index contributed by atoms with van der Waals surface area (Å²) in [4.78, 5) is 24.0. The molecule has 4 aliphatic rings. The number of aliphatic hydroxyl groups is 2. The second-order valence-corrected chi connectivity index (χ2v) is 37.5. The van der Waals surface area contributed by atoms with Crippen LogP contribution in [0.5, 0.6) is 5.75 Å². The molecule has 0 spiro atoms. The van der Waals surface area contributed by atoms with E-state index in [1.807, 2.05) is 103 Å². The van der Waals surface area contributed by atoms with Crippen LogP contribution in [0.2, 0.25) is 0 Å². The molecule has 119 heavy (non-hydrogen) atoms. The highest BCUT2D eigenvalue weighted by atomic mass is 32.2. The number of piperidine rings is 1. The molecule has 9 aromatic carbocycles. The molecule has 3 saturated heterocycles. The maximum Gasteiger partial charge on any atom is 0.306 e. The Bertz CT molecular complexity index is 5160. The van der Waals surface area contributed by atoms with E-state index in [-0.39, 0.29) is 36.7 Å². The second-order valence-electron chi connectivity index (χ2n) is 32.3. The van der Waals surface area contributed by atoms with Gasteiger partial charge < -0.3 is 34.4 Å². The van der Waals surface area contributed by atoms with Gasteiger partial charge in [-0.05, 0) is 274 Å². The third-order valence-electron chi connectivity index (χ3n) is 22.7. The molecule has 0 bridgehead atoms. The van der Waals surface area contributed by atoms with Crippen LogP contribution in [0.15, 0.2) is 237 Å². The molecule has 18 nitrogen and oxygen atoms in total. The van der Waals surface area contributed by atoms with Gasteiger partial charge in [-0.3, -0.25) is 23.5 Å². The molecule has 0 unspecified atom stereocenters. The second kappa shape index (κ2) is 43.1. The normalized spacial score (nSPS) is 16.1. The summed E-state index contributed by atoms with van der Waals surface area (Å²) < 4.78 is 84.3. The predicted octanol–water partition coefficient (Wildman–Crippen LogP) is 18.1. The zero-order valence-electron chi connectivity index (χ0n) is 70.7. The SMILES string of the molecule is CC(=O)Nc1ccc(/C(=C(\CCCO)c2ccccc2)c2ccc(N3CCN(C(C)C)CC3)cc2)cc1.CC(C)N1CCC(c2ccc(/C(=C(/CCCO)c3ccccc3)c3ccc(NS(=O)(=O)C4CC4)cc3)cc2)CC1.CC(C)N1CCN(c2ccc(/C(=C(/CCCOS(C)(=O)=O)c3ccccc3)c3ccc(OS(C)(=O)=O)cc3)cc2)CC1. The van der Waals surface area contributed by atoms with Crippen molar-refractivity contribution in [2.45, 2.75) is 142 Å². The van der Waals surface area contributed by atoms with Crippen LogP contribution in [0, 0.1) is 0 Å². The number of carbonyl (C=O) groups excluding carboxylic acids is 1. The number of hydrogen-bond donors (Lipinski definition) is 4. The minimum Gasteiger partial charge on any atom is -0.396 e. The van der Waals surface area contributed by atoms with Crippen molar-refractivity contribution in [1.82, 2.24) is 14.7 Å². The largest absolute Gasteiger partial charge is 0.396 e. The van der Waals surface area contributed by atoms with E-state index in [4.69, 9.17) is 8.37 Å². The van der Waals surface area contributed by atoms with Crippen LogP contribution in [0.4, 0.5) is 22.7 Å². The fourth-order valence-electron chi connectivity index (χ4n) is 16.1. The first-order chi connectivity index (χ1) is 57.2. The standard InChI is InChI=1S/C34H42N2O3S.C32H39N3O2.C32H40N2O6S2/c1-25(2)36-22-20-27(21-23-36)26-10-12-29(13-11-26)34(33(9-6-24-37)28-7-4-3-5-8-28)30-14-16-31(17-15-30)35-40(38,39)32-18-19-32;1-24(2)34-19-21-35(22-20-34)30-17-13-28(14-18-30)32(27-11-15-29(16-12-27)33-25(3)37)31(10-7-23-36)26-8-5-4-6-9-26;1-25(2)33-20-22-34(23-21-33)29-16-12-27(13-17-29)32(28-14-18-30(19-15-28)40-42(4,37)38)31(26-9-6-5-7-10-26)11-8-24-39-41(3,35)36/h3-5,7-8,10-17,25,27,32,35,37H,6,9,18-24H2,1-2H3;4-6,8-9,11-18,24,36H,7,10,19-23H2,1-3H3,(H,33,37);5-7,9-10,12-19,25H,8,11,20-24H2,1-4H3/b34-33+;32-31-;32-31+. The van der Waals surface area contributed by atoms with Gasteiger partial charge in [-0.2, -0.15) is 16.8 Å². The van der Waals surface area contributed by atoms with Gasteiger partial charge in [0.2, 0.25) is 15.9 Å². The summed E-state index contributed by atoms with van der Waals surface area (Å²) in [5.74, 6) is 0.735. The number of benzene rings is 9. The number of allylic oxidation sites excluding steroid dienone is 3. The smallest absolute Gasteiger partial charge is 0.306 e. The van der Waals surface area contributed by atoms with Crippen molar-refractivity contribution in [1.29, 1.82) is 0 Å². The van der Waals surface area contributed by atoms with E-state index in [0.29, 0.717) is 55.4 Å². The Morgan fingerprint density at radius 1 is 0.395 bits per heavy atom. The summed E-state index contributed by atoms with van der Waals surface area (Å²) in [5, 5.41) is 22.0. The molecule has 9 aromatic rings. The van der Waals surface area contributed by atoms with E-state index in [0.717, 1.165) is 182 Å². The maximum atomic E-state index is 12.5. The number of amides is 1. The van der Waals surface area contributed by atoms with Gasteiger partial charge in [-0.15, -0.1) is 0 Å². The van der Waals surface area contributed by atoms with Crippen LogP contribution >= 0.6 is 0 Å². The van der Waals surface area contributed by atoms with Crippen LogP contribution in [-0.4, -0.2) is 177 Å². The highest BCUT2D eigenvalue weighted by Gasteiger charge is 2.36. The van der Waals surface area contributed by atoms with Crippen LogP contribution in [0.1, 0.15) is 174 Å². The number of sulfonamides is 1. The molecule has 1 amide bonds. The molecule has 1 saturated carbocycles. The summed E-state index contributed by atoms with van der Waals surface area (Å²) in [6.45, 7) is 25.9. The molecule has 1 aliphatic carbocycles. The van der Waals surface area contributed by atoms with E-state index >= 15 is 0 Å². The first kappa shape index (κ1) is 90.2. The van der Waals surface area contributed by atoms with Gasteiger partial charge in [-0.1, -0.05) is 176 Å². The topological polar surface area (TPSA) is 219 Å². The summed E-state index contributed by atoms with van der Waals surface area (Å²) in [7, 11) is -10.5. The number of likely N-dealkylation sites (tertiary alicyclic amines) is 1. The molecular weight excluding hydrogens is 1550 g/mol.